The average Bonchev–Trinajstić information content (AvgIpc) is 2.96. The molecule has 18 heavy (non-hydrogen) atoms. The normalized spacial score (nSPS) is 17.8. The zero-order valence-electron chi connectivity index (χ0n) is 11.9. The summed E-state index contributed by atoms with van der Waals surface area (Å²) in [5.74, 6) is 0.192. The molecule has 5 heteroatoms. The molecule has 1 aliphatic heterocycles. The maximum absolute atomic E-state index is 11.2. The minimum Gasteiger partial charge on any atom is -0.319 e. The molecule has 1 aromatic heterocycles. The Morgan fingerprint density at radius 3 is 2.22 bits per heavy atom. The van der Waals surface area contributed by atoms with Crippen molar-refractivity contribution in [3.05, 3.63) is 30.7 Å². The van der Waals surface area contributed by atoms with Crippen LogP contribution in [0.25, 0.3) is 0 Å². The zero-order valence-corrected chi connectivity index (χ0v) is 12.7. The van der Waals surface area contributed by atoms with Crippen molar-refractivity contribution >= 4 is 17.7 Å². The van der Waals surface area contributed by atoms with E-state index < -0.39 is 0 Å². The van der Waals surface area contributed by atoms with Gasteiger partial charge in [-0.2, -0.15) is 16.9 Å². The minimum atomic E-state index is 0.123. The van der Waals surface area contributed by atoms with E-state index in [1.165, 1.54) is 0 Å². The second-order valence-corrected chi connectivity index (χ2v) is 4.61. The topological polar surface area (TPSA) is 38.1 Å². The summed E-state index contributed by atoms with van der Waals surface area (Å²) in [4.78, 5) is 12.8. The van der Waals surface area contributed by atoms with Gasteiger partial charge in [-0.25, -0.2) is 0 Å². The fourth-order valence-corrected chi connectivity index (χ4v) is 2.06. The van der Waals surface area contributed by atoms with Crippen LogP contribution in [-0.4, -0.2) is 39.1 Å². The van der Waals surface area contributed by atoms with Crippen LogP contribution in [0.2, 0.25) is 0 Å². The molecule has 0 N–H and O–H groups in total. The van der Waals surface area contributed by atoms with Crippen molar-refractivity contribution in [3.8, 4) is 0 Å². The summed E-state index contributed by atoms with van der Waals surface area (Å²) in [5.41, 5.74) is 0.935. The van der Waals surface area contributed by atoms with E-state index >= 15 is 0 Å². The van der Waals surface area contributed by atoms with Gasteiger partial charge in [-0.3, -0.25) is 9.48 Å². The van der Waals surface area contributed by atoms with Crippen LogP contribution in [0.3, 0.4) is 0 Å². The standard InChI is InChI=1S/C7H11NOS.C4H6N2.C2H6/c1-5-4-6(10-3)7(9)8(5)2;1-6-4-2-3-5-6;1-2/h6H,1,4H2,2-3H3;2-4H,1H3;1-2H3. The smallest absolute Gasteiger partial charge is 0.239 e. The first-order valence-corrected chi connectivity index (χ1v) is 7.26. The summed E-state index contributed by atoms with van der Waals surface area (Å²) in [5, 5.41) is 3.96. The lowest BCUT2D eigenvalue weighted by Crippen LogP contribution is -2.22. The highest BCUT2D eigenvalue weighted by Crippen LogP contribution is 2.27. The van der Waals surface area contributed by atoms with E-state index in [1.54, 1.807) is 34.6 Å². The zero-order chi connectivity index (χ0) is 14.1. The molecule has 1 saturated heterocycles. The van der Waals surface area contributed by atoms with Crippen molar-refractivity contribution in [2.75, 3.05) is 13.3 Å². The summed E-state index contributed by atoms with van der Waals surface area (Å²) in [6, 6.07) is 1.89. The molecule has 0 saturated carbocycles. The molecular formula is C13H23N3OS. The number of aromatic nitrogens is 2. The first-order valence-electron chi connectivity index (χ1n) is 5.98. The molecule has 0 aliphatic carbocycles. The maximum Gasteiger partial charge on any atom is 0.239 e. The monoisotopic (exact) mass is 269 g/mol. The Kier molecular flexibility index (Phi) is 8.20. The third-order valence-electron chi connectivity index (χ3n) is 2.42. The molecule has 4 nitrogen and oxygen atoms in total. The van der Waals surface area contributed by atoms with Crippen molar-refractivity contribution in [3.63, 3.8) is 0 Å². The van der Waals surface area contributed by atoms with E-state index in [-0.39, 0.29) is 11.2 Å². The molecule has 1 atom stereocenters. The Morgan fingerprint density at radius 1 is 1.44 bits per heavy atom. The lowest BCUT2D eigenvalue weighted by molar-refractivity contribution is -0.125. The molecule has 1 aromatic rings. The Balaban J connectivity index is 0.000000308. The van der Waals surface area contributed by atoms with Gasteiger partial charge in [-0.15, -0.1) is 0 Å². The summed E-state index contributed by atoms with van der Waals surface area (Å²) < 4.78 is 1.75. The highest BCUT2D eigenvalue weighted by atomic mass is 32.2. The Bertz CT molecular complexity index is 362. The molecule has 1 aliphatic rings. The van der Waals surface area contributed by atoms with Crippen LogP contribution in [0.1, 0.15) is 20.3 Å². The molecule has 0 radical (unpaired) electrons. The number of hydrogen-bond acceptors (Lipinski definition) is 3. The van der Waals surface area contributed by atoms with Gasteiger partial charge >= 0.3 is 0 Å². The van der Waals surface area contributed by atoms with Gasteiger partial charge in [0.15, 0.2) is 0 Å². The van der Waals surface area contributed by atoms with Gasteiger partial charge < -0.3 is 4.90 Å². The largest absolute Gasteiger partial charge is 0.319 e. The summed E-state index contributed by atoms with van der Waals surface area (Å²) >= 11 is 1.60. The quantitative estimate of drug-likeness (QED) is 0.786. The van der Waals surface area contributed by atoms with E-state index in [0.717, 1.165) is 12.1 Å². The first kappa shape index (κ1) is 16.8. The molecule has 1 fully saturated rings. The van der Waals surface area contributed by atoms with Gasteiger partial charge in [-0.1, -0.05) is 20.4 Å². The molecule has 1 unspecified atom stereocenters. The molecule has 0 aromatic carbocycles. The molecule has 0 bridgehead atoms. The fourth-order valence-electron chi connectivity index (χ4n) is 1.34. The van der Waals surface area contributed by atoms with Gasteiger partial charge in [0.25, 0.3) is 0 Å². The van der Waals surface area contributed by atoms with Crippen LogP contribution in [0, 0.1) is 0 Å². The predicted octanol–water partition coefficient (Wildman–Crippen LogP) is 2.54. The lowest BCUT2D eigenvalue weighted by atomic mass is 10.3. The average molecular weight is 269 g/mol. The van der Waals surface area contributed by atoms with Crippen molar-refractivity contribution in [2.24, 2.45) is 7.05 Å². The van der Waals surface area contributed by atoms with E-state index in [4.69, 9.17) is 0 Å². The van der Waals surface area contributed by atoms with Gasteiger partial charge in [0.1, 0.15) is 0 Å². The van der Waals surface area contributed by atoms with E-state index in [2.05, 4.69) is 11.7 Å². The Labute approximate surface area is 114 Å². The molecule has 102 valence electrons. The van der Waals surface area contributed by atoms with Gasteiger partial charge in [0.05, 0.1) is 5.25 Å². The Morgan fingerprint density at radius 2 is 2.06 bits per heavy atom. The highest BCUT2D eigenvalue weighted by molar-refractivity contribution is 7.99. The van der Waals surface area contributed by atoms with Crippen LogP contribution in [0.4, 0.5) is 0 Å². The van der Waals surface area contributed by atoms with Gasteiger partial charge in [0, 0.05) is 38.6 Å². The number of nitrogens with zero attached hydrogens (tertiary/aromatic N) is 3. The summed E-state index contributed by atoms with van der Waals surface area (Å²) in [7, 11) is 3.67. The number of carbonyl (C=O) groups excluding carboxylic acids is 1. The highest BCUT2D eigenvalue weighted by Gasteiger charge is 2.30. The molecule has 2 heterocycles. The number of allylic oxidation sites excluding steroid dienone is 1. The van der Waals surface area contributed by atoms with Crippen molar-refractivity contribution in [1.29, 1.82) is 0 Å². The molecule has 2 rings (SSSR count). The van der Waals surface area contributed by atoms with E-state index in [9.17, 15) is 4.79 Å². The van der Waals surface area contributed by atoms with Crippen molar-refractivity contribution in [2.45, 2.75) is 25.5 Å². The predicted molar refractivity (Wildman–Crippen MR) is 78.4 cm³/mol. The number of thioether (sulfide) groups is 1. The lowest BCUT2D eigenvalue weighted by Gasteiger charge is -2.08. The van der Waals surface area contributed by atoms with Crippen LogP contribution >= 0.6 is 11.8 Å². The molecular weight excluding hydrogens is 246 g/mol. The van der Waals surface area contributed by atoms with Crippen molar-refractivity contribution in [1.82, 2.24) is 14.7 Å². The van der Waals surface area contributed by atoms with Crippen LogP contribution in [0.5, 0.6) is 0 Å². The maximum atomic E-state index is 11.2. The van der Waals surface area contributed by atoms with Gasteiger partial charge in [0.2, 0.25) is 5.91 Å². The number of amides is 1. The Hall–Kier alpha value is -1.23. The van der Waals surface area contributed by atoms with E-state index in [1.807, 2.05) is 39.4 Å². The number of aryl methyl sites for hydroxylation is 1. The molecule has 1 amide bonds. The van der Waals surface area contributed by atoms with E-state index in [0.29, 0.717) is 0 Å². The van der Waals surface area contributed by atoms with Crippen LogP contribution in [-0.2, 0) is 11.8 Å². The summed E-state index contributed by atoms with van der Waals surface area (Å²) in [6.07, 6.45) is 6.41. The number of hydrogen-bond donors (Lipinski definition) is 0. The van der Waals surface area contributed by atoms with Crippen molar-refractivity contribution < 1.29 is 4.79 Å². The second-order valence-electron chi connectivity index (χ2n) is 3.57. The number of carbonyl (C=O) groups is 1. The second kappa shape index (κ2) is 8.80. The van der Waals surface area contributed by atoms with Gasteiger partial charge in [-0.05, 0) is 12.3 Å². The third kappa shape index (κ3) is 4.96. The minimum absolute atomic E-state index is 0.123. The third-order valence-corrected chi connectivity index (χ3v) is 3.36. The molecule has 0 spiro atoms. The number of rotatable bonds is 1. The van der Waals surface area contributed by atoms with Crippen LogP contribution in [0.15, 0.2) is 30.7 Å². The summed E-state index contributed by atoms with van der Waals surface area (Å²) in [6.45, 7) is 7.78. The first-order chi connectivity index (χ1) is 8.56. The fraction of sp³-hybridized carbons (Fsp3) is 0.538. The number of likely N-dealkylation sites (tertiary alicyclic amines) is 1. The SMILES string of the molecule is C=C1CC(SC)C(=O)N1C.CC.Cn1cccn1. The van der Waals surface area contributed by atoms with Crippen LogP contribution < -0.4 is 0 Å².